The Hall–Kier alpha value is -4.00. The summed E-state index contributed by atoms with van der Waals surface area (Å²) in [4.78, 5) is 14.1. The molecule has 2 nitrogen and oxygen atoms in total. The summed E-state index contributed by atoms with van der Waals surface area (Å²) in [6, 6.07) is 51.1. The van der Waals surface area contributed by atoms with E-state index in [2.05, 4.69) is 36.4 Å². The zero-order chi connectivity index (χ0) is 24.1. The predicted molar refractivity (Wildman–Crippen MR) is 150 cm³/mol. The van der Waals surface area contributed by atoms with E-state index in [1.807, 2.05) is 115 Å². The van der Waals surface area contributed by atoms with Gasteiger partial charge in [-0.1, -0.05) is 167 Å². The Balaban J connectivity index is 2.09. The topological polar surface area (TPSA) is 37.3 Å². The van der Waals surface area contributed by atoms with E-state index in [0.717, 1.165) is 25.9 Å². The maximum absolute atomic E-state index is 14.1. The van der Waals surface area contributed by atoms with Crippen LogP contribution in [0.2, 0.25) is 0 Å². The van der Waals surface area contributed by atoms with E-state index in [4.69, 9.17) is 0 Å². The van der Waals surface area contributed by atoms with Gasteiger partial charge in [0.15, 0.2) is 7.59 Å². The molecule has 0 aromatic heterocycles. The Labute approximate surface area is 208 Å². The Morgan fingerprint density at radius 1 is 0.400 bits per heavy atom. The minimum absolute atomic E-state index is 0.710. The summed E-state index contributed by atoms with van der Waals surface area (Å²) < 4.78 is 0. The number of rotatable bonds is 7. The van der Waals surface area contributed by atoms with Crippen LogP contribution in [-0.4, -0.2) is 25.9 Å². The normalized spacial score (nSPS) is 11.7. The van der Waals surface area contributed by atoms with Crippen LogP contribution in [0.15, 0.2) is 152 Å². The van der Waals surface area contributed by atoms with Crippen molar-refractivity contribution in [3.8, 4) is 0 Å². The molecule has 0 radical (unpaired) electrons. The van der Waals surface area contributed by atoms with Gasteiger partial charge in [-0.25, -0.2) is 0 Å². The highest BCUT2D eigenvalue weighted by molar-refractivity contribution is 7.71. The SMILES string of the molecule is O=C(O)[Si](c1ccccc1)(c1ccccc1)[Si](c1ccccc1)(c1ccccc1)c1ccccc1. The average molecular weight is 487 g/mol. The van der Waals surface area contributed by atoms with Crippen LogP contribution in [0.1, 0.15) is 0 Å². The van der Waals surface area contributed by atoms with Crippen molar-refractivity contribution < 1.29 is 9.90 Å². The molecule has 0 fully saturated rings. The van der Waals surface area contributed by atoms with E-state index < -0.39 is 20.8 Å². The molecule has 0 saturated carbocycles. The van der Waals surface area contributed by atoms with Crippen LogP contribution in [0.25, 0.3) is 0 Å². The van der Waals surface area contributed by atoms with Crippen molar-refractivity contribution in [3.63, 3.8) is 0 Å². The lowest BCUT2D eigenvalue weighted by molar-refractivity contribution is 0.219. The second kappa shape index (κ2) is 9.70. The minimum Gasteiger partial charge on any atom is -0.485 e. The quantitative estimate of drug-likeness (QED) is 0.281. The lowest BCUT2D eigenvalue weighted by Gasteiger charge is -2.46. The summed E-state index contributed by atoms with van der Waals surface area (Å²) >= 11 is 0. The molecule has 0 saturated heterocycles. The first-order valence-electron chi connectivity index (χ1n) is 11.7. The van der Waals surface area contributed by atoms with Crippen LogP contribution < -0.4 is 25.9 Å². The second-order valence-electron chi connectivity index (χ2n) is 8.64. The molecule has 0 bridgehead atoms. The molecular weight excluding hydrogens is 461 g/mol. The van der Waals surface area contributed by atoms with E-state index >= 15 is 0 Å². The number of benzene rings is 5. The summed E-state index contributed by atoms with van der Waals surface area (Å²) in [5.41, 5.74) is -0.710. The zero-order valence-electron chi connectivity index (χ0n) is 19.3. The molecule has 35 heavy (non-hydrogen) atoms. The summed E-state index contributed by atoms with van der Waals surface area (Å²) in [6.07, 6.45) is 0. The molecule has 0 unspecified atom stereocenters. The van der Waals surface area contributed by atoms with E-state index in [-0.39, 0.29) is 0 Å². The van der Waals surface area contributed by atoms with Gasteiger partial charge in [0, 0.05) is 0 Å². The van der Waals surface area contributed by atoms with Crippen LogP contribution in [0.5, 0.6) is 0 Å². The number of hydrogen-bond acceptors (Lipinski definition) is 1. The maximum Gasteiger partial charge on any atom is 0.278 e. The smallest absolute Gasteiger partial charge is 0.278 e. The van der Waals surface area contributed by atoms with Crippen molar-refractivity contribution in [2.75, 3.05) is 0 Å². The van der Waals surface area contributed by atoms with Gasteiger partial charge < -0.3 is 5.11 Å². The van der Waals surface area contributed by atoms with Crippen molar-refractivity contribution in [2.45, 2.75) is 0 Å². The first-order valence-corrected chi connectivity index (χ1v) is 16.7. The zero-order valence-corrected chi connectivity index (χ0v) is 21.3. The van der Waals surface area contributed by atoms with Gasteiger partial charge in [-0.2, -0.15) is 0 Å². The molecule has 0 amide bonds. The number of carbonyl (C=O) groups is 1. The molecular formula is C31H26O2Si2. The third-order valence-corrected chi connectivity index (χ3v) is 23.0. The molecule has 0 atom stereocenters. The lowest BCUT2D eigenvalue weighted by atomic mass is 10.3. The Kier molecular flexibility index (Phi) is 6.31. The van der Waals surface area contributed by atoms with E-state index in [1.165, 1.54) is 0 Å². The highest BCUT2D eigenvalue weighted by atomic mass is 29.3. The lowest BCUT2D eigenvalue weighted by Crippen LogP contribution is -2.92. The van der Waals surface area contributed by atoms with E-state index in [0.29, 0.717) is 0 Å². The van der Waals surface area contributed by atoms with Crippen LogP contribution in [0, 0.1) is 0 Å². The molecule has 0 spiro atoms. The highest BCUT2D eigenvalue weighted by Crippen LogP contribution is 2.23. The summed E-state index contributed by atoms with van der Waals surface area (Å²) in [6.45, 7) is 0. The number of carboxylic acid groups (broad SMARTS) is 1. The largest absolute Gasteiger partial charge is 0.485 e. The Morgan fingerprint density at radius 2 is 0.629 bits per heavy atom. The standard InChI is InChI=1S/C31H26O2Si2/c32-31(33)35(29-22-12-4-13-23-29,30-24-14-5-15-25-30)34(26-16-6-1-7-17-26,27-18-8-2-9-19-27)28-20-10-3-11-21-28/h1-25H,(H,32,33). The Bertz CT molecular complexity index is 1260. The van der Waals surface area contributed by atoms with Crippen LogP contribution >= 0.6 is 0 Å². The van der Waals surface area contributed by atoms with Crippen molar-refractivity contribution in [2.24, 2.45) is 0 Å². The van der Waals surface area contributed by atoms with Gasteiger partial charge in [0.2, 0.25) is 0 Å². The molecule has 0 aliphatic heterocycles. The van der Waals surface area contributed by atoms with E-state index in [1.54, 1.807) is 0 Å². The monoisotopic (exact) mass is 486 g/mol. The molecule has 4 heteroatoms. The first kappa shape index (κ1) is 22.8. The summed E-state index contributed by atoms with van der Waals surface area (Å²) in [5, 5.41) is 16.7. The molecule has 0 aliphatic rings. The van der Waals surface area contributed by atoms with Crippen LogP contribution in [0.4, 0.5) is 4.79 Å². The fraction of sp³-hybridized carbons (Fsp3) is 0. The predicted octanol–water partition coefficient (Wildman–Crippen LogP) is 3.76. The number of hydrogen-bond donors (Lipinski definition) is 1. The minimum atomic E-state index is -3.57. The van der Waals surface area contributed by atoms with Gasteiger partial charge in [-0.05, 0) is 10.4 Å². The molecule has 5 aromatic rings. The highest BCUT2D eigenvalue weighted by Gasteiger charge is 2.66. The summed E-state index contributed by atoms with van der Waals surface area (Å²) in [5.74, 6) is 0. The van der Waals surface area contributed by atoms with Crippen molar-refractivity contribution >= 4 is 46.7 Å². The average Bonchev–Trinajstić information content (AvgIpc) is 2.94. The maximum atomic E-state index is 14.1. The third kappa shape index (κ3) is 3.59. The van der Waals surface area contributed by atoms with Gasteiger partial charge in [-0.3, -0.25) is 4.79 Å². The van der Waals surface area contributed by atoms with Gasteiger partial charge in [0.1, 0.15) is 0 Å². The fourth-order valence-electron chi connectivity index (χ4n) is 5.60. The van der Waals surface area contributed by atoms with Gasteiger partial charge in [0.25, 0.3) is 13.2 Å². The van der Waals surface area contributed by atoms with E-state index in [9.17, 15) is 9.90 Å². The van der Waals surface area contributed by atoms with Gasteiger partial charge >= 0.3 is 0 Å². The van der Waals surface area contributed by atoms with Crippen molar-refractivity contribution in [1.82, 2.24) is 0 Å². The summed E-state index contributed by atoms with van der Waals surface area (Å²) in [7, 11) is -6.78. The molecule has 1 N–H and O–H groups in total. The third-order valence-electron chi connectivity index (χ3n) is 6.92. The fourth-order valence-corrected chi connectivity index (χ4v) is 23.3. The molecule has 170 valence electrons. The first-order chi connectivity index (χ1) is 17.2. The Morgan fingerprint density at radius 3 is 0.857 bits per heavy atom. The molecule has 5 rings (SSSR count). The van der Waals surface area contributed by atoms with Crippen molar-refractivity contribution in [1.29, 1.82) is 0 Å². The molecule has 0 aliphatic carbocycles. The second-order valence-corrected chi connectivity index (χ2v) is 19.4. The van der Waals surface area contributed by atoms with Crippen LogP contribution in [0.3, 0.4) is 0 Å². The van der Waals surface area contributed by atoms with Gasteiger partial charge in [0.05, 0.1) is 0 Å². The van der Waals surface area contributed by atoms with Gasteiger partial charge in [-0.15, -0.1) is 0 Å². The molecule has 0 heterocycles. The molecule has 5 aromatic carbocycles. The van der Waals surface area contributed by atoms with Crippen LogP contribution in [-0.2, 0) is 0 Å². The van der Waals surface area contributed by atoms with Crippen molar-refractivity contribution in [3.05, 3.63) is 152 Å².